The summed E-state index contributed by atoms with van der Waals surface area (Å²) in [6.07, 6.45) is 0. The molecule has 0 aliphatic rings. The molecule has 84 valence electrons. The number of nitrogens with one attached hydrogen (secondary N) is 1. The second-order valence-corrected chi connectivity index (χ2v) is 3.17. The molecule has 2 aromatic heterocycles. The molecule has 0 aliphatic carbocycles. The summed E-state index contributed by atoms with van der Waals surface area (Å²) in [6.45, 7) is 1.73. The molecule has 0 bridgehead atoms. The quantitative estimate of drug-likeness (QED) is 0.774. The SMILES string of the molecule is COc1ccc2nnc(CNC(C)=O)n2n1. The number of hydrogen-bond acceptors (Lipinski definition) is 5. The van der Waals surface area contributed by atoms with Crippen molar-refractivity contribution < 1.29 is 9.53 Å². The predicted octanol–water partition coefficient (Wildman–Crippen LogP) is -0.231. The minimum Gasteiger partial charge on any atom is -0.480 e. The summed E-state index contributed by atoms with van der Waals surface area (Å²) in [6, 6.07) is 3.45. The number of amides is 1. The van der Waals surface area contributed by atoms with Crippen LogP contribution in [0.1, 0.15) is 12.7 Å². The van der Waals surface area contributed by atoms with Crippen molar-refractivity contribution in [2.75, 3.05) is 7.11 Å². The molecule has 0 aromatic carbocycles. The van der Waals surface area contributed by atoms with Crippen LogP contribution in [-0.2, 0) is 11.3 Å². The van der Waals surface area contributed by atoms with Gasteiger partial charge < -0.3 is 10.1 Å². The lowest BCUT2D eigenvalue weighted by Crippen LogP contribution is -2.21. The van der Waals surface area contributed by atoms with E-state index in [0.717, 1.165) is 0 Å². The molecule has 0 saturated heterocycles. The number of carbonyl (C=O) groups excluding carboxylic acids is 1. The van der Waals surface area contributed by atoms with Gasteiger partial charge in [-0.1, -0.05) is 0 Å². The van der Waals surface area contributed by atoms with Gasteiger partial charge in [-0.3, -0.25) is 4.79 Å². The van der Waals surface area contributed by atoms with Crippen molar-refractivity contribution in [1.29, 1.82) is 0 Å². The first-order chi connectivity index (χ1) is 7.70. The molecule has 7 heteroatoms. The molecule has 0 saturated carbocycles. The normalized spacial score (nSPS) is 10.4. The molecule has 7 nitrogen and oxygen atoms in total. The number of ether oxygens (including phenoxy) is 1. The summed E-state index contributed by atoms with van der Waals surface area (Å²) in [7, 11) is 1.53. The fourth-order valence-corrected chi connectivity index (χ4v) is 1.24. The molecule has 16 heavy (non-hydrogen) atoms. The summed E-state index contributed by atoms with van der Waals surface area (Å²) in [5.41, 5.74) is 0.612. The zero-order chi connectivity index (χ0) is 11.5. The highest BCUT2D eigenvalue weighted by Gasteiger charge is 2.07. The molecule has 0 unspecified atom stereocenters. The summed E-state index contributed by atoms with van der Waals surface area (Å²) in [5, 5.41) is 14.6. The van der Waals surface area contributed by atoms with Crippen LogP contribution < -0.4 is 10.1 Å². The standard InChI is InChI=1S/C9H11N5O2/c1-6(15)10-5-8-12-11-7-3-4-9(16-2)13-14(7)8/h3-4H,5H2,1-2H3,(H,10,15). The van der Waals surface area contributed by atoms with Crippen LogP contribution in [0.15, 0.2) is 12.1 Å². The summed E-state index contributed by atoms with van der Waals surface area (Å²) < 4.78 is 6.53. The number of carbonyl (C=O) groups is 1. The number of rotatable bonds is 3. The van der Waals surface area contributed by atoms with Gasteiger partial charge in [-0.15, -0.1) is 15.3 Å². The second kappa shape index (κ2) is 4.13. The Bertz CT molecular complexity index is 522. The van der Waals surface area contributed by atoms with Gasteiger partial charge in [0.15, 0.2) is 11.5 Å². The van der Waals surface area contributed by atoms with Crippen LogP contribution >= 0.6 is 0 Å². The van der Waals surface area contributed by atoms with Crippen molar-refractivity contribution in [2.45, 2.75) is 13.5 Å². The van der Waals surface area contributed by atoms with Gasteiger partial charge in [-0.05, 0) is 6.07 Å². The molecule has 1 N–H and O–H groups in total. The average Bonchev–Trinajstić information content (AvgIpc) is 2.68. The minimum atomic E-state index is -0.125. The van der Waals surface area contributed by atoms with Gasteiger partial charge in [0.1, 0.15) is 0 Å². The van der Waals surface area contributed by atoms with E-state index in [1.54, 1.807) is 12.1 Å². The Balaban J connectivity index is 2.34. The number of hydrogen-bond donors (Lipinski definition) is 1. The van der Waals surface area contributed by atoms with Crippen LogP contribution in [0.5, 0.6) is 5.88 Å². The highest BCUT2D eigenvalue weighted by Crippen LogP contribution is 2.08. The van der Waals surface area contributed by atoms with Crippen molar-refractivity contribution >= 4 is 11.6 Å². The van der Waals surface area contributed by atoms with Crippen LogP contribution in [0.4, 0.5) is 0 Å². The monoisotopic (exact) mass is 221 g/mol. The van der Waals surface area contributed by atoms with Gasteiger partial charge in [0.05, 0.1) is 13.7 Å². The number of methoxy groups -OCH3 is 1. The van der Waals surface area contributed by atoms with E-state index in [2.05, 4.69) is 20.6 Å². The maximum atomic E-state index is 10.8. The largest absolute Gasteiger partial charge is 0.480 e. The van der Waals surface area contributed by atoms with E-state index in [-0.39, 0.29) is 12.5 Å². The molecule has 1 amide bonds. The van der Waals surface area contributed by atoms with Crippen LogP contribution in [0, 0.1) is 0 Å². The molecule has 2 aromatic rings. The lowest BCUT2D eigenvalue weighted by molar-refractivity contribution is -0.119. The lowest BCUT2D eigenvalue weighted by atomic mass is 10.5. The van der Waals surface area contributed by atoms with E-state index < -0.39 is 0 Å². The lowest BCUT2D eigenvalue weighted by Gasteiger charge is -2.01. The Morgan fingerprint density at radius 3 is 3.00 bits per heavy atom. The number of fused-ring (bicyclic) bond motifs is 1. The zero-order valence-electron chi connectivity index (χ0n) is 8.97. The molecule has 0 fully saturated rings. The summed E-state index contributed by atoms with van der Waals surface area (Å²) in [5.74, 6) is 0.903. The first-order valence-corrected chi connectivity index (χ1v) is 4.70. The van der Waals surface area contributed by atoms with E-state index in [1.165, 1.54) is 18.5 Å². The molecule has 2 rings (SSSR count). The fraction of sp³-hybridized carbons (Fsp3) is 0.333. The Labute approximate surface area is 91.4 Å². The zero-order valence-corrected chi connectivity index (χ0v) is 8.97. The first-order valence-electron chi connectivity index (χ1n) is 4.70. The van der Waals surface area contributed by atoms with Crippen LogP contribution in [0.3, 0.4) is 0 Å². The molecule has 0 atom stereocenters. The Hall–Kier alpha value is -2.18. The smallest absolute Gasteiger partial charge is 0.231 e. The van der Waals surface area contributed by atoms with Crippen LogP contribution in [0.2, 0.25) is 0 Å². The van der Waals surface area contributed by atoms with E-state index in [0.29, 0.717) is 17.4 Å². The highest BCUT2D eigenvalue weighted by atomic mass is 16.5. The van der Waals surface area contributed by atoms with Gasteiger partial charge in [-0.25, -0.2) is 0 Å². The van der Waals surface area contributed by atoms with Crippen molar-refractivity contribution in [3.05, 3.63) is 18.0 Å². The van der Waals surface area contributed by atoms with E-state index in [9.17, 15) is 4.79 Å². The van der Waals surface area contributed by atoms with Crippen molar-refractivity contribution in [2.24, 2.45) is 0 Å². The fourth-order valence-electron chi connectivity index (χ4n) is 1.24. The topological polar surface area (TPSA) is 81.4 Å². The third-order valence-corrected chi connectivity index (χ3v) is 2.01. The van der Waals surface area contributed by atoms with E-state index in [4.69, 9.17) is 4.74 Å². The van der Waals surface area contributed by atoms with E-state index in [1.807, 2.05) is 0 Å². The van der Waals surface area contributed by atoms with E-state index >= 15 is 0 Å². The Kier molecular flexibility index (Phi) is 2.67. The third kappa shape index (κ3) is 1.92. The molecular formula is C9H11N5O2. The molecule has 0 radical (unpaired) electrons. The maximum Gasteiger partial charge on any atom is 0.231 e. The Morgan fingerprint density at radius 2 is 2.31 bits per heavy atom. The minimum absolute atomic E-state index is 0.125. The summed E-state index contributed by atoms with van der Waals surface area (Å²) in [4.78, 5) is 10.8. The van der Waals surface area contributed by atoms with Crippen molar-refractivity contribution in [1.82, 2.24) is 25.1 Å². The average molecular weight is 221 g/mol. The van der Waals surface area contributed by atoms with Crippen LogP contribution in [0.25, 0.3) is 5.65 Å². The van der Waals surface area contributed by atoms with Crippen LogP contribution in [-0.4, -0.2) is 32.8 Å². The third-order valence-electron chi connectivity index (χ3n) is 2.01. The molecule has 0 spiro atoms. The molecule has 2 heterocycles. The summed E-state index contributed by atoms with van der Waals surface area (Å²) >= 11 is 0. The number of nitrogens with zero attached hydrogens (tertiary/aromatic N) is 4. The predicted molar refractivity (Wildman–Crippen MR) is 54.9 cm³/mol. The Morgan fingerprint density at radius 1 is 1.50 bits per heavy atom. The number of aromatic nitrogens is 4. The van der Waals surface area contributed by atoms with Crippen molar-refractivity contribution in [3.8, 4) is 5.88 Å². The first kappa shape index (κ1) is 10.3. The molecule has 0 aliphatic heterocycles. The van der Waals surface area contributed by atoms with Gasteiger partial charge in [-0.2, -0.15) is 4.52 Å². The van der Waals surface area contributed by atoms with Gasteiger partial charge in [0.25, 0.3) is 0 Å². The van der Waals surface area contributed by atoms with Gasteiger partial charge >= 0.3 is 0 Å². The van der Waals surface area contributed by atoms with Gasteiger partial charge in [0.2, 0.25) is 11.8 Å². The highest BCUT2D eigenvalue weighted by molar-refractivity contribution is 5.72. The maximum absolute atomic E-state index is 10.8. The van der Waals surface area contributed by atoms with Crippen molar-refractivity contribution in [3.63, 3.8) is 0 Å². The molecular weight excluding hydrogens is 210 g/mol. The van der Waals surface area contributed by atoms with Gasteiger partial charge in [0, 0.05) is 13.0 Å². The second-order valence-electron chi connectivity index (χ2n) is 3.17.